The molecule has 1 aromatic carbocycles. The predicted molar refractivity (Wildman–Crippen MR) is 70.0 cm³/mol. The summed E-state index contributed by atoms with van der Waals surface area (Å²) >= 11 is 0. The van der Waals surface area contributed by atoms with Gasteiger partial charge in [-0.25, -0.2) is 4.39 Å². The summed E-state index contributed by atoms with van der Waals surface area (Å²) in [5.74, 6) is -0.197. The van der Waals surface area contributed by atoms with Gasteiger partial charge >= 0.3 is 0 Å². The fourth-order valence-corrected chi connectivity index (χ4v) is 2.21. The van der Waals surface area contributed by atoms with Crippen LogP contribution in [-0.4, -0.2) is 9.55 Å². The van der Waals surface area contributed by atoms with Crippen LogP contribution in [0.5, 0.6) is 0 Å². The Hall–Kier alpha value is -2.16. The molecule has 0 N–H and O–H groups in total. The maximum absolute atomic E-state index is 13.1. The van der Waals surface area contributed by atoms with E-state index in [1.165, 1.54) is 6.07 Å². The molecule has 2 nitrogen and oxygen atoms in total. The standard InChI is InChI=1S/C15H13FN2/c1-11-6-12(9-17-8-11)10-18-5-4-13-7-14(16)2-3-15(13)18/h2-9H,10H2,1H3. The van der Waals surface area contributed by atoms with Gasteiger partial charge in [0.15, 0.2) is 0 Å². The SMILES string of the molecule is Cc1cncc(Cn2ccc3cc(F)ccc32)c1. The minimum Gasteiger partial charge on any atom is -0.343 e. The van der Waals surface area contributed by atoms with Gasteiger partial charge in [0.2, 0.25) is 0 Å². The summed E-state index contributed by atoms with van der Waals surface area (Å²) in [6.45, 7) is 2.78. The third-order valence-electron chi connectivity index (χ3n) is 3.02. The zero-order valence-electron chi connectivity index (χ0n) is 10.1. The molecular formula is C15H13FN2. The summed E-state index contributed by atoms with van der Waals surface area (Å²) in [4.78, 5) is 4.19. The van der Waals surface area contributed by atoms with E-state index in [0.717, 1.165) is 28.6 Å². The van der Waals surface area contributed by atoms with Crippen LogP contribution in [0.15, 0.2) is 48.9 Å². The normalized spacial score (nSPS) is 11.0. The van der Waals surface area contributed by atoms with Crippen molar-refractivity contribution in [3.05, 3.63) is 65.9 Å². The molecule has 0 aliphatic heterocycles. The third-order valence-corrected chi connectivity index (χ3v) is 3.02. The number of benzene rings is 1. The van der Waals surface area contributed by atoms with Gasteiger partial charge in [0.1, 0.15) is 5.82 Å². The minimum absolute atomic E-state index is 0.197. The Morgan fingerprint density at radius 1 is 1.17 bits per heavy atom. The van der Waals surface area contributed by atoms with E-state index in [1.807, 2.05) is 37.6 Å². The molecule has 0 aliphatic carbocycles. The van der Waals surface area contributed by atoms with Crippen LogP contribution < -0.4 is 0 Å². The first-order valence-corrected chi connectivity index (χ1v) is 5.87. The minimum atomic E-state index is -0.197. The second-order valence-electron chi connectivity index (χ2n) is 4.52. The summed E-state index contributed by atoms with van der Waals surface area (Å²) in [6.07, 6.45) is 5.68. The van der Waals surface area contributed by atoms with E-state index in [-0.39, 0.29) is 5.82 Å². The van der Waals surface area contributed by atoms with Crippen molar-refractivity contribution in [2.24, 2.45) is 0 Å². The Kier molecular flexibility index (Phi) is 2.59. The number of nitrogens with zero attached hydrogens (tertiary/aromatic N) is 2. The van der Waals surface area contributed by atoms with Crippen LogP contribution in [0.4, 0.5) is 4.39 Å². The first-order chi connectivity index (χ1) is 8.72. The zero-order valence-corrected chi connectivity index (χ0v) is 10.1. The van der Waals surface area contributed by atoms with E-state index in [9.17, 15) is 4.39 Å². The van der Waals surface area contributed by atoms with Gasteiger partial charge in [0.05, 0.1) is 0 Å². The fourth-order valence-electron chi connectivity index (χ4n) is 2.21. The second kappa shape index (κ2) is 4.26. The molecule has 0 unspecified atom stereocenters. The van der Waals surface area contributed by atoms with Crippen LogP contribution in [0.25, 0.3) is 10.9 Å². The maximum atomic E-state index is 13.1. The first kappa shape index (κ1) is 11.0. The Labute approximate surface area is 105 Å². The number of pyridine rings is 1. The van der Waals surface area contributed by atoms with E-state index in [0.29, 0.717) is 0 Å². The molecule has 3 aromatic rings. The number of aryl methyl sites for hydroxylation is 1. The molecule has 0 radical (unpaired) electrons. The lowest BCUT2D eigenvalue weighted by Gasteiger charge is -2.06. The van der Waals surface area contributed by atoms with Gasteiger partial charge < -0.3 is 4.57 Å². The Balaban J connectivity index is 2.00. The van der Waals surface area contributed by atoms with Gasteiger partial charge in [-0.2, -0.15) is 0 Å². The molecule has 2 heterocycles. The fraction of sp³-hybridized carbons (Fsp3) is 0.133. The first-order valence-electron chi connectivity index (χ1n) is 5.87. The van der Waals surface area contributed by atoms with E-state index >= 15 is 0 Å². The highest BCUT2D eigenvalue weighted by molar-refractivity contribution is 5.80. The highest BCUT2D eigenvalue weighted by Crippen LogP contribution is 2.18. The van der Waals surface area contributed by atoms with Crippen molar-refractivity contribution in [1.29, 1.82) is 0 Å². The van der Waals surface area contributed by atoms with Crippen LogP contribution in [0.3, 0.4) is 0 Å². The third kappa shape index (κ3) is 1.99. The van der Waals surface area contributed by atoms with Crippen LogP contribution in [0.1, 0.15) is 11.1 Å². The molecule has 0 saturated carbocycles. The molecule has 0 atom stereocenters. The van der Waals surface area contributed by atoms with E-state index in [4.69, 9.17) is 0 Å². The number of aromatic nitrogens is 2. The summed E-state index contributed by atoms with van der Waals surface area (Å²) in [5, 5.41) is 0.926. The largest absolute Gasteiger partial charge is 0.343 e. The number of rotatable bonds is 2. The van der Waals surface area contributed by atoms with E-state index in [2.05, 4.69) is 15.6 Å². The predicted octanol–water partition coefficient (Wildman–Crippen LogP) is 3.53. The highest BCUT2D eigenvalue weighted by Gasteiger charge is 2.03. The van der Waals surface area contributed by atoms with Gasteiger partial charge in [-0.1, -0.05) is 6.07 Å². The summed E-state index contributed by atoms with van der Waals surface area (Å²) in [6, 6.07) is 8.91. The quantitative estimate of drug-likeness (QED) is 0.670. The lowest BCUT2D eigenvalue weighted by Crippen LogP contribution is -1.98. The van der Waals surface area contributed by atoms with Crippen molar-refractivity contribution in [3.63, 3.8) is 0 Å². The Morgan fingerprint density at radius 2 is 2.06 bits per heavy atom. The summed E-state index contributed by atoms with van der Waals surface area (Å²) < 4.78 is 15.2. The number of hydrogen-bond donors (Lipinski definition) is 0. The molecule has 18 heavy (non-hydrogen) atoms. The monoisotopic (exact) mass is 240 g/mol. The number of halogens is 1. The average molecular weight is 240 g/mol. The summed E-state index contributed by atoms with van der Waals surface area (Å²) in [7, 11) is 0. The van der Waals surface area contributed by atoms with Crippen molar-refractivity contribution in [2.45, 2.75) is 13.5 Å². The van der Waals surface area contributed by atoms with Gasteiger partial charge in [0, 0.05) is 36.0 Å². The number of fused-ring (bicyclic) bond motifs is 1. The average Bonchev–Trinajstić information content (AvgIpc) is 2.72. The van der Waals surface area contributed by atoms with E-state index < -0.39 is 0 Å². The van der Waals surface area contributed by atoms with Crippen LogP contribution >= 0.6 is 0 Å². The van der Waals surface area contributed by atoms with Crippen molar-refractivity contribution < 1.29 is 4.39 Å². The van der Waals surface area contributed by atoms with Gasteiger partial charge in [-0.3, -0.25) is 4.98 Å². The highest BCUT2D eigenvalue weighted by atomic mass is 19.1. The molecule has 0 saturated heterocycles. The Bertz CT molecular complexity index is 701. The molecule has 0 bridgehead atoms. The summed E-state index contributed by atoms with van der Waals surface area (Å²) in [5.41, 5.74) is 3.34. The molecule has 0 spiro atoms. The lowest BCUT2D eigenvalue weighted by molar-refractivity contribution is 0.629. The van der Waals surface area contributed by atoms with Crippen molar-refractivity contribution >= 4 is 10.9 Å². The maximum Gasteiger partial charge on any atom is 0.123 e. The molecule has 3 rings (SSSR count). The molecule has 3 heteroatoms. The van der Waals surface area contributed by atoms with Crippen molar-refractivity contribution in [2.75, 3.05) is 0 Å². The van der Waals surface area contributed by atoms with Crippen molar-refractivity contribution in [1.82, 2.24) is 9.55 Å². The van der Waals surface area contributed by atoms with Crippen LogP contribution in [0, 0.1) is 12.7 Å². The zero-order chi connectivity index (χ0) is 12.5. The topological polar surface area (TPSA) is 17.8 Å². The molecule has 2 aromatic heterocycles. The van der Waals surface area contributed by atoms with Gasteiger partial charge in [-0.05, 0) is 42.3 Å². The molecule has 90 valence electrons. The van der Waals surface area contributed by atoms with Gasteiger partial charge in [-0.15, -0.1) is 0 Å². The smallest absolute Gasteiger partial charge is 0.123 e. The second-order valence-corrected chi connectivity index (χ2v) is 4.52. The van der Waals surface area contributed by atoms with Crippen LogP contribution in [0.2, 0.25) is 0 Å². The molecule has 0 amide bonds. The molecule has 0 fully saturated rings. The van der Waals surface area contributed by atoms with Crippen LogP contribution in [-0.2, 0) is 6.54 Å². The van der Waals surface area contributed by atoms with Gasteiger partial charge in [0.25, 0.3) is 0 Å². The van der Waals surface area contributed by atoms with Crippen molar-refractivity contribution in [3.8, 4) is 0 Å². The van der Waals surface area contributed by atoms with E-state index in [1.54, 1.807) is 6.07 Å². The Morgan fingerprint density at radius 3 is 2.89 bits per heavy atom. The molecule has 0 aliphatic rings. The molecular weight excluding hydrogens is 227 g/mol. The lowest BCUT2D eigenvalue weighted by atomic mass is 10.2. The number of hydrogen-bond acceptors (Lipinski definition) is 1.